The van der Waals surface area contributed by atoms with Crippen molar-refractivity contribution in [3.05, 3.63) is 59.9 Å². The summed E-state index contributed by atoms with van der Waals surface area (Å²) in [6.45, 7) is 18.8. The number of hydrogen-bond donors (Lipinski definition) is 1. The molecule has 12 nitrogen and oxygen atoms in total. The van der Waals surface area contributed by atoms with E-state index in [1.54, 1.807) is 24.7 Å². The Labute approximate surface area is 289 Å². The summed E-state index contributed by atoms with van der Waals surface area (Å²) in [7, 11) is -1.19. The van der Waals surface area contributed by atoms with Crippen LogP contribution < -0.4 is 4.90 Å². The molecule has 0 aromatic carbocycles. The van der Waals surface area contributed by atoms with Crippen LogP contribution in [0, 0.1) is 12.3 Å². The molecule has 262 valence electrons. The second-order valence-electron chi connectivity index (χ2n) is 15.8. The second kappa shape index (κ2) is 13.8. The van der Waals surface area contributed by atoms with E-state index in [1.807, 2.05) is 55.6 Å². The number of carbonyl (C=O) groups excluding carboxylic acids is 1. The molecule has 0 aliphatic carbocycles. The summed E-state index contributed by atoms with van der Waals surface area (Å²) in [5.41, 5.74) is 3.06. The predicted octanol–water partition coefficient (Wildman–Crippen LogP) is 6.21. The Balaban J connectivity index is 1.28. The first kappa shape index (κ1) is 34.9. The van der Waals surface area contributed by atoms with Gasteiger partial charge in [0.1, 0.15) is 24.3 Å². The summed E-state index contributed by atoms with van der Waals surface area (Å²) in [6.07, 6.45) is 8.65. The molecule has 1 spiro atoms. The fourth-order valence-electron chi connectivity index (χ4n) is 6.61. The lowest BCUT2D eigenvalue weighted by Crippen LogP contribution is -2.43. The normalized spacial score (nSPS) is 17.2. The summed E-state index contributed by atoms with van der Waals surface area (Å²) in [5.74, 6) is 1.38. The number of carbonyl (C=O) groups is 1. The summed E-state index contributed by atoms with van der Waals surface area (Å²) >= 11 is 0. The van der Waals surface area contributed by atoms with E-state index in [1.165, 1.54) is 0 Å². The minimum Gasteiger partial charge on any atom is -0.444 e. The summed E-state index contributed by atoms with van der Waals surface area (Å²) < 4.78 is 13.5. The number of rotatable bonds is 9. The second-order valence-corrected chi connectivity index (χ2v) is 21.5. The number of pyridine rings is 2. The number of nitrogens with zero attached hydrogens (tertiary/aromatic N) is 8. The maximum Gasteiger partial charge on any atom is 0.410 e. The SMILES string of the molecule is Cc1nn(COCC[Si](C)(C)C)cc1-c1nc(N2CCC3(CCN(C(=O)OC(C)(C)C)C3)CC2)c2cc(C(O)c3cccnc3)ncc2n1. The number of aliphatic hydroxyl groups is 1. The fraction of sp³-hybridized carbons (Fsp3) is 0.556. The number of aliphatic hydroxyl groups excluding tert-OH is 1. The van der Waals surface area contributed by atoms with Crippen molar-refractivity contribution in [1.82, 2.24) is 34.6 Å². The molecule has 49 heavy (non-hydrogen) atoms. The van der Waals surface area contributed by atoms with Crippen LogP contribution in [0.2, 0.25) is 25.7 Å². The maximum atomic E-state index is 12.9. The van der Waals surface area contributed by atoms with Crippen molar-refractivity contribution in [3.63, 3.8) is 0 Å². The molecule has 0 radical (unpaired) electrons. The number of piperidine rings is 1. The Bertz CT molecular complexity index is 1780. The van der Waals surface area contributed by atoms with Crippen LogP contribution in [0.1, 0.15) is 63.1 Å². The first-order valence-corrected chi connectivity index (χ1v) is 21.0. The van der Waals surface area contributed by atoms with Crippen molar-refractivity contribution in [2.75, 3.05) is 37.7 Å². The third kappa shape index (κ3) is 8.27. The number of aryl methyl sites for hydroxylation is 1. The van der Waals surface area contributed by atoms with Gasteiger partial charge in [-0.2, -0.15) is 5.10 Å². The van der Waals surface area contributed by atoms with Crippen molar-refractivity contribution in [3.8, 4) is 11.4 Å². The molecule has 6 heterocycles. The number of likely N-dealkylation sites (tertiary alicyclic amines) is 1. The van der Waals surface area contributed by atoms with E-state index < -0.39 is 19.8 Å². The highest BCUT2D eigenvalue weighted by Crippen LogP contribution is 2.43. The van der Waals surface area contributed by atoms with Crippen LogP contribution in [0.25, 0.3) is 22.3 Å². The smallest absolute Gasteiger partial charge is 0.410 e. The monoisotopic (exact) mass is 686 g/mol. The van der Waals surface area contributed by atoms with E-state index in [-0.39, 0.29) is 11.5 Å². The van der Waals surface area contributed by atoms with Crippen molar-refractivity contribution in [2.45, 2.75) is 91.1 Å². The molecule has 1 N–H and O–H groups in total. The quantitative estimate of drug-likeness (QED) is 0.160. The van der Waals surface area contributed by atoms with Crippen molar-refractivity contribution in [1.29, 1.82) is 0 Å². The summed E-state index contributed by atoms with van der Waals surface area (Å²) in [4.78, 5) is 36.0. The van der Waals surface area contributed by atoms with Gasteiger partial charge in [0.15, 0.2) is 5.82 Å². The number of amides is 1. The van der Waals surface area contributed by atoms with Crippen LogP contribution in [0.3, 0.4) is 0 Å². The van der Waals surface area contributed by atoms with Crippen molar-refractivity contribution >= 4 is 30.9 Å². The van der Waals surface area contributed by atoms with E-state index in [0.717, 1.165) is 60.9 Å². The van der Waals surface area contributed by atoms with Crippen LogP contribution in [0.15, 0.2) is 43.0 Å². The van der Waals surface area contributed by atoms with Gasteiger partial charge in [-0.25, -0.2) is 19.4 Å². The molecule has 1 amide bonds. The third-order valence-corrected chi connectivity index (χ3v) is 11.2. The minimum atomic E-state index is -1.19. The molecule has 6 rings (SSSR count). The van der Waals surface area contributed by atoms with Crippen molar-refractivity contribution < 1.29 is 19.4 Å². The van der Waals surface area contributed by atoms with E-state index in [0.29, 0.717) is 49.0 Å². The Morgan fingerprint density at radius 1 is 1.10 bits per heavy atom. The number of aromatic nitrogens is 6. The fourth-order valence-corrected chi connectivity index (χ4v) is 7.37. The first-order chi connectivity index (χ1) is 23.2. The van der Waals surface area contributed by atoms with Gasteiger partial charge in [0, 0.05) is 70.4 Å². The molecular formula is C36H50N8O4Si. The molecule has 2 saturated heterocycles. The average molecular weight is 687 g/mol. The Morgan fingerprint density at radius 2 is 1.86 bits per heavy atom. The standard InChI is InChI=1S/C36H50N8O4Si/c1-25-28(22-44(41-25)24-47-17-18-49(5,6)7)32-39-30-21-38-29(31(45)26-9-8-13-37-20-26)19-27(30)33(40-32)42-14-10-36(11-15-42)12-16-43(23-36)34(46)48-35(2,3)4/h8-9,13,19-22,31,45H,10-12,14-18,23-24H2,1-7H3. The summed E-state index contributed by atoms with van der Waals surface area (Å²) in [6, 6.07) is 6.64. The van der Waals surface area contributed by atoms with Gasteiger partial charge in [-0.15, -0.1) is 0 Å². The lowest BCUT2D eigenvalue weighted by Gasteiger charge is -2.40. The first-order valence-electron chi connectivity index (χ1n) is 17.3. The molecule has 13 heteroatoms. The molecule has 1 unspecified atom stereocenters. The van der Waals surface area contributed by atoms with Crippen LogP contribution in [-0.2, 0) is 16.2 Å². The van der Waals surface area contributed by atoms with Crippen molar-refractivity contribution in [2.24, 2.45) is 5.41 Å². The van der Waals surface area contributed by atoms with Gasteiger partial charge >= 0.3 is 6.09 Å². The molecule has 4 aromatic heterocycles. The van der Waals surface area contributed by atoms with Gasteiger partial charge < -0.3 is 24.4 Å². The highest BCUT2D eigenvalue weighted by molar-refractivity contribution is 6.76. The Morgan fingerprint density at radius 3 is 2.55 bits per heavy atom. The van der Waals surface area contributed by atoms with Crippen LogP contribution in [0.4, 0.5) is 10.6 Å². The highest BCUT2D eigenvalue weighted by Gasteiger charge is 2.43. The summed E-state index contributed by atoms with van der Waals surface area (Å²) in [5, 5.41) is 16.8. The predicted molar refractivity (Wildman–Crippen MR) is 192 cm³/mol. The molecule has 2 aliphatic rings. The third-order valence-electron chi connectivity index (χ3n) is 9.48. The van der Waals surface area contributed by atoms with E-state index in [4.69, 9.17) is 24.5 Å². The Kier molecular flexibility index (Phi) is 9.80. The van der Waals surface area contributed by atoms with Gasteiger partial charge in [-0.05, 0) is 70.5 Å². The molecule has 4 aromatic rings. The maximum absolute atomic E-state index is 12.9. The molecule has 2 aliphatic heterocycles. The van der Waals surface area contributed by atoms with Crippen LogP contribution >= 0.6 is 0 Å². The molecule has 0 bridgehead atoms. The Hall–Kier alpha value is -3.94. The number of ether oxygens (including phenoxy) is 2. The average Bonchev–Trinajstić information content (AvgIpc) is 3.65. The van der Waals surface area contributed by atoms with E-state index in [9.17, 15) is 9.90 Å². The molecule has 1 atom stereocenters. The van der Waals surface area contributed by atoms with Gasteiger partial charge in [0.25, 0.3) is 0 Å². The topological polar surface area (TPSA) is 132 Å². The van der Waals surface area contributed by atoms with Gasteiger partial charge in [0.05, 0.1) is 28.7 Å². The lowest BCUT2D eigenvalue weighted by molar-refractivity contribution is 0.0266. The minimum absolute atomic E-state index is 0.0511. The number of hydrogen-bond acceptors (Lipinski definition) is 10. The zero-order valence-electron chi connectivity index (χ0n) is 29.9. The lowest BCUT2D eigenvalue weighted by atomic mass is 9.78. The van der Waals surface area contributed by atoms with Gasteiger partial charge in [0.2, 0.25) is 0 Å². The van der Waals surface area contributed by atoms with E-state index >= 15 is 0 Å². The van der Waals surface area contributed by atoms with Gasteiger partial charge in [-0.1, -0.05) is 25.7 Å². The highest BCUT2D eigenvalue weighted by atomic mass is 28.3. The number of anilines is 1. The number of fused-ring (bicyclic) bond motifs is 1. The van der Waals surface area contributed by atoms with Crippen LogP contribution in [0.5, 0.6) is 0 Å². The van der Waals surface area contributed by atoms with E-state index in [2.05, 4.69) is 34.5 Å². The van der Waals surface area contributed by atoms with Gasteiger partial charge in [-0.3, -0.25) is 9.97 Å². The molecule has 0 saturated carbocycles. The molecular weight excluding hydrogens is 637 g/mol. The molecule has 2 fully saturated rings. The van der Waals surface area contributed by atoms with Crippen LogP contribution in [-0.4, -0.2) is 92.3 Å². The zero-order valence-corrected chi connectivity index (χ0v) is 30.9. The zero-order chi connectivity index (χ0) is 35.0. The largest absolute Gasteiger partial charge is 0.444 e.